The first kappa shape index (κ1) is 21.2. The summed E-state index contributed by atoms with van der Waals surface area (Å²) in [6.45, 7) is 5.63. The van der Waals surface area contributed by atoms with Crippen LogP contribution in [0.25, 0.3) is 11.4 Å². The van der Waals surface area contributed by atoms with Crippen molar-refractivity contribution in [2.45, 2.75) is 46.1 Å². The molecule has 10 heteroatoms. The minimum Gasteiger partial charge on any atom is -0.339 e. The highest BCUT2D eigenvalue weighted by atomic mass is 32.2. The number of nitrogens with one attached hydrogen (secondary N) is 1. The molecule has 0 spiro atoms. The third-order valence-electron chi connectivity index (χ3n) is 5.45. The summed E-state index contributed by atoms with van der Waals surface area (Å²) in [6.07, 6.45) is 1.03. The van der Waals surface area contributed by atoms with Gasteiger partial charge in [0.15, 0.2) is 9.84 Å². The molecule has 1 aromatic carbocycles. The number of rotatable bonds is 6. The van der Waals surface area contributed by atoms with Gasteiger partial charge in [-0.2, -0.15) is 10.1 Å². The van der Waals surface area contributed by atoms with E-state index in [4.69, 9.17) is 4.52 Å². The zero-order valence-electron chi connectivity index (χ0n) is 17.8. The zero-order valence-corrected chi connectivity index (χ0v) is 18.6. The van der Waals surface area contributed by atoms with E-state index in [-0.39, 0.29) is 29.9 Å². The molecule has 1 saturated heterocycles. The van der Waals surface area contributed by atoms with Gasteiger partial charge in [-0.3, -0.25) is 9.48 Å². The van der Waals surface area contributed by atoms with Crippen LogP contribution in [0, 0.1) is 20.8 Å². The molecule has 1 aliphatic rings. The van der Waals surface area contributed by atoms with Crippen LogP contribution < -0.4 is 5.32 Å². The molecule has 3 heterocycles. The summed E-state index contributed by atoms with van der Waals surface area (Å²) < 4.78 is 30.6. The number of hydrogen-bond acceptors (Lipinski definition) is 7. The van der Waals surface area contributed by atoms with Gasteiger partial charge < -0.3 is 9.84 Å². The molecule has 9 nitrogen and oxygen atoms in total. The minimum absolute atomic E-state index is 0.0861. The number of nitrogens with zero attached hydrogens (tertiary/aromatic N) is 4. The van der Waals surface area contributed by atoms with Crippen molar-refractivity contribution in [1.29, 1.82) is 0 Å². The summed E-state index contributed by atoms with van der Waals surface area (Å²) in [5.41, 5.74) is 4.01. The van der Waals surface area contributed by atoms with E-state index in [1.807, 2.05) is 38.1 Å². The Morgan fingerprint density at radius 2 is 2.10 bits per heavy atom. The van der Waals surface area contributed by atoms with Crippen molar-refractivity contribution in [3.8, 4) is 11.4 Å². The van der Waals surface area contributed by atoms with E-state index in [0.29, 0.717) is 35.9 Å². The maximum atomic E-state index is 12.5. The first-order chi connectivity index (χ1) is 14.7. The fourth-order valence-electron chi connectivity index (χ4n) is 3.85. The summed E-state index contributed by atoms with van der Waals surface area (Å²) in [7, 11) is -3.02. The predicted octanol–water partition coefficient (Wildman–Crippen LogP) is 2.79. The molecule has 4 rings (SSSR count). The van der Waals surface area contributed by atoms with E-state index < -0.39 is 9.84 Å². The third-order valence-corrected chi connectivity index (χ3v) is 7.20. The largest absolute Gasteiger partial charge is 0.339 e. The number of hydrogen-bond donors (Lipinski definition) is 1. The van der Waals surface area contributed by atoms with E-state index in [0.717, 1.165) is 16.8 Å². The second kappa shape index (κ2) is 8.26. The van der Waals surface area contributed by atoms with Crippen LogP contribution in [-0.4, -0.2) is 45.8 Å². The van der Waals surface area contributed by atoms with Crippen molar-refractivity contribution in [1.82, 2.24) is 19.9 Å². The Morgan fingerprint density at radius 1 is 1.29 bits per heavy atom. The van der Waals surface area contributed by atoms with E-state index in [1.54, 1.807) is 11.6 Å². The Morgan fingerprint density at radius 3 is 2.81 bits per heavy atom. The van der Waals surface area contributed by atoms with Crippen LogP contribution in [0.1, 0.15) is 41.7 Å². The van der Waals surface area contributed by atoms with Gasteiger partial charge in [0.1, 0.15) is 0 Å². The minimum atomic E-state index is -3.02. The molecule has 1 amide bonds. The maximum Gasteiger partial charge on any atom is 0.227 e. The second-order valence-electron chi connectivity index (χ2n) is 7.98. The molecule has 1 N–H and O–H groups in total. The normalized spacial score (nSPS) is 17.7. The van der Waals surface area contributed by atoms with Crippen LogP contribution in [0.5, 0.6) is 0 Å². The standard InChI is InChI=1S/C21H25N5O4S/c1-13-5-4-6-16(11-13)21-23-19(30-25-21)8-7-18(27)22-20-14(2)24-26(15(20)3)17-9-10-31(28,29)12-17/h4-6,11,17H,7-10,12H2,1-3H3,(H,22,27). The molecule has 1 atom stereocenters. The van der Waals surface area contributed by atoms with Crippen molar-refractivity contribution in [3.05, 3.63) is 47.1 Å². The molecular formula is C21H25N5O4S. The average Bonchev–Trinajstić information content (AvgIpc) is 3.40. The summed E-state index contributed by atoms with van der Waals surface area (Å²) >= 11 is 0. The van der Waals surface area contributed by atoms with E-state index in [9.17, 15) is 13.2 Å². The quantitative estimate of drug-likeness (QED) is 0.622. The van der Waals surface area contributed by atoms with E-state index in [1.165, 1.54) is 0 Å². The summed E-state index contributed by atoms with van der Waals surface area (Å²) in [5.74, 6) is 0.959. The monoisotopic (exact) mass is 443 g/mol. The lowest BCUT2D eigenvalue weighted by atomic mass is 10.1. The summed E-state index contributed by atoms with van der Waals surface area (Å²) in [4.78, 5) is 16.9. The van der Waals surface area contributed by atoms with Crippen molar-refractivity contribution in [2.24, 2.45) is 0 Å². The van der Waals surface area contributed by atoms with Crippen LogP contribution in [0.2, 0.25) is 0 Å². The molecule has 2 aromatic heterocycles. The molecule has 0 saturated carbocycles. The van der Waals surface area contributed by atoms with Crippen molar-refractivity contribution in [2.75, 3.05) is 16.8 Å². The van der Waals surface area contributed by atoms with E-state index in [2.05, 4.69) is 20.6 Å². The second-order valence-corrected chi connectivity index (χ2v) is 10.2. The van der Waals surface area contributed by atoms with Gasteiger partial charge in [-0.05, 0) is 33.3 Å². The SMILES string of the molecule is Cc1cccc(-c2noc(CCC(=O)Nc3c(C)nn(C4CCS(=O)(=O)C4)c3C)n2)c1. The number of carbonyl (C=O) groups excluding carboxylic acids is 1. The first-order valence-electron chi connectivity index (χ1n) is 10.2. The molecule has 1 fully saturated rings. The lowest BCUT2D eigenvalue weighted by molar-refractivity contribution is -0.116. The number of aromatic nitrogens is 4. The van der Waals surface area contributed by atoms with Crippen LogP contribution in [0.15, 0.2) is 28.8 Å². The molecule has 31 heavy (non-hydrogen) atoms. The first-order valence-corrected chi connectivity index (χ1v) is 12.0. The van der Waals surface area contributed by atoms with Gasteiger partial charge in [0.25, 0.3) is 0 Å². The average molecular weight is 444 g/mol. The number of carbonyl (C=O) groups is 1. The van der Waals surface area contributed by atoms with Gasteiger partial charge in [0.2, 0.25) is 17.6 Å². The van der Waals surface area contributed by atoms with Crippen LogP contribution >= 0.6 is 0 Å². The van der Waals surface area contributed by atoms with Crippen LogP contribution in [0.4, 0.5) is 5.69 Å². The zero-order chi connectivity index (χ0) is 22.2. The topological polar surface area (TPSA) is 120 Å². The molecular weight excluding hydrogens is 418 g/mol. The van der Waals surface area contributed by atoms with Crippen molar-refractivity contribution < 1.29 is 17.7 Å². The molecule has 3 aromatic rings. The Balaban J connectivity index is 1.39. The molecule has 164 valence electrons. The number of benzene rings is 1. The van der Waals surface area contributed by atoms with Crippen molar-refractivity contribution >= 4 is 21.4 Å². The van der Waals surface area contributed by atoms with Gasteiger partial charge in [-0.15, -0.1) is 0 Å². The van der Waals surface area contributed by atoms with Crippen molar-refractivity contribution in [3.63, 3.8) is 0 Å². The van der Waals surface area contributed by atoms with Gasteiger partial charge in [-0.25, -0.2) is 8.42 Å². The Labute approximate surface area is 180 Å². The Kier molecular flexibility index (Phi) is 5.65. The molecule has 0 bridgehead atoms. The number of sulfone groups is 1. The van der Waals surface area contributed by atoms with E-state index >= 15 is 0 Å². The van der Waals surface area contributed by atoms with Gasteiger partial charge in [0.05, 0.1) is 34.6 Å². The highest BCUT2D eigenvalue weighted by Gasteiger charge is 2.31. The molecule has 0 radical (unpaired) electrons. The fourth-order valence-corrected chi connectivity index (χ4v) is 5.54. The Hall–Kier alpha value is -3.01. The predicted molar refractivity (Wildman–Crippen MR) is 115 cm³/mol. The Bertz CT molecular complexity index is 1230. The smallest absolute Gasteiger partial charge is 0.227 e. The summed E-state index contributed by atoms with van der Waals surface area (Å²) in [6, 6.07) is 7.62. The van der Waals surface area contributed by atoms with Gasteiger partial charge >= 0.3 is 0 Å². The summed E-state index contributed by atoms with van der Waals surface area (Å²) in [5, 5.41) is 11.4. The molecule has 0 aliphatic carbocycles. The lowest BCUT2D eigenvalue weighted by Gasteiger charge is -2.11. The third kappa shape index (κ3) is 4.68. The highest BCUT2D eigenvalue weighted by Crippen LogP contribution is 2.29. The van der Waals surface area contributed by atoms with Gasteiger partial charge in [-0.1, -0.05) is 28.9 Å². The number of aryl methyl sites for hydroxylation is 3. The van der Waals surface area contributed by atoms with Gasteiger partial charge in [0, 0.05) is 18.4 Å². The van der Waals surface area contributed by atoms with Crippen LogP contribution in [-0.2, 0) is 21.1 Å². The number of anilines is 1. The number of amides is 1. The molecule has 1 aliphatic heterocycles. The highest BCUT2D eigenvalue weighted by molar-refractivity contribution is 7.91. The maximum absolute atomic E-state index is 12.5. The van der Waals surface area contributed by atoms with Crippen LogP contribution in [0.3, 0.4) is 0 Å². The fraction of sp³-hybridized carbons (Fsp3) is 0.429. The lowest BCUT2D eigenvalue weighted by Crippen LogP contribution is -2.16. The molecule has 1 unspecified atom stereocenters.